The Morgan fingerprint density at radius 1 is 0.812 bits per heavy atom. The quantitative estimate of drug-likeness (QED) is 0.735. The molecule has 0 aliphatic carbocycles. The van der Waals surface area contributed by atoms with Gasteiger partial charge in [-0.05, 0) is 41.8 Å². The molecule has 2 rings (SSSR count). The van der Waals surface area contributed by atoms with Crippen LogP contribution in [-0.4, -0.2) is 0 Å². The van der Waals surface area contributed by atoms with E-state index in [4.69, 9.17) is 11.6 Å². The number of halogens is 3. The van der Waals surface area contributed by atoms with Crippen molar-refractivity contribution >= 4 is 11.6 Å². The molecular formula is C13H9ClF2. The standard InChI is InChI=1S/C13H9ClF2/c14-11-4-1-9(2-5-11)7-10-3-6-12(15)13(16)8-10/h1-6,8H,7H2. The minimum absolute atomic E-state index is 0.564. The van der Waals surface area contributed by atoms with Gasteiger partial charge >= 0.3 is 0 Å². The van der Waals surface area contributed by atoms with Gasteiger partial charge in [0.05, 0.1) is 0 Å². The van der Waals surface area contributed by atoms with Gasteiger partial charge in [0.25, 0.3) is 0 Å². The molecule has 0 unspecified atom stereocenters. The fourth-order valence-corrected chi connectivity index (χ4v) is 1.61. The van der Waals surface area contributed by atoms with E-state index in [1.54, 1.807) is 18.2 Å². The Balaban J connectivity index is 2.20. The summed E-state index contributed by atoms with van der Waals surface area (Å²) in [4.78, 5) is 0. The molecule has 0 nitrogen and oxygen atoms in total. The minimum atomic E-state index is -0.820. The van der Waals surface area contributed by atoms with Crippen molar-refractivity contribution in [3.05, 3.63) is 70.2 Å². The van der Waals surface area contributed by atoms with E-state index in [2.05, 4.69) is 0 Å². The predicted octanol–water partition coefficient (Wildman–Crippen LogP) is 4.21. The van der Waals surface area contributed by atoms with Crippen LogP contribution in [0.5, 0.6) is 0 Å². The van der Waals surface area contributed by atoms with Gasteiger partial charge in [-0.25, -0.2) is 8.78 Å². The highest BCUT2D eigenvalue weighted by molar-refractivity contribution is 6.30. The van der Waals surface area contributed by atoms with E-state index in [-0.39, 0.29) is 0 Å². The highest BCUT2D eigenvalue weighted by Crippen LogP contribution is 2.15. The van der Waals surface area contributed by atoms with Gasteiger partial charge in [0, 0.05) is 5.02 Å². The topological polar surface area (TPSA) is 0 Å². The normalized spacial score (nSPS) is 10.4. The van der Waals surface area contributed by atoms with Gasteiger partial charge in [0.1, 0.15) is 0 Å². The predicted molar refractivity (Wildman–Crippen MR) is 60.6 cm³/mol. The van der Waals surface area contributed by atoms with Crippen molar-refractivity contribution in [1.29, 1.82) is 0 Å². The molecule has 0 amide bonds. The summed E-state index contributed by atoms with van der Waals surface area (Å²) in [5, 5.41) is 0.661. The Morgan fingerprint density at radius 2 is 1.44 bits per heavy atom. The molecule has 82 valence electrons. The number of hydrogen-bond acceptors (Lipinski definition) is 0. The van der Waals surface area contributed by atoms with Gasteiger partial charge in [-0.2, -0.15) is 0 Å². The van der Waals surface area contributed by atoms with Gasteiger partial charge in [-0.1, -0.05) is 29.8 Å². The zero-order valence-corrected chi connectivity index (χ0v) is 9.14. The van der Waals surface area contributed by atoms with Gasteiger partial charge in [-0.15, -0.1) is 0 Å². The van der Waals surface area contributed by atoms with Crippen LogP contribution in [0.2, 0.25) is 5.02 Å². The Morgan fingerprint density at radius 3 is 2.06 bits per heavy atom. The molecule has 16 heavy (non-hydrogen) atoms. The maximum atomic E-state index is 12.9. The van der Waals surface area contributed by atoms with Crippen LogP contribution < -0.4 is 0 Å². The Kier molecular flexibility index (Phi) is 3.20. The van der Waals surface area contributed by atoms with Gasteiger partial charge in [0.2, 0.25) is 0 Å². The van der Waals surface area contributed by atoms with Crippen molar-refractivity contribution in [2.24, 2.45) is 0 Å². The molecule has 0 spiro atoms. The monoisotopic (exact) mass is 238 g/mol. The molecule has 0 radical (unpaired) electrons. The van der Waals surface area contributed by atoms with Crippen LogP contribution in [0.3, 0.4) is 0 Å². The first kappa shape index (κ1) is 11.1. The highest BCUT2D eigenvalue weighted by Gasteiger charge is 2.03. The summed E-state index contributed by atoms with van der Waals surface area (Å²) in [7, 11) is 0. The third-order valence-corrected chi connectivity index (χ3v) is 2.56. The SMILES string of the molecule is Fc1ccc(Cc2ccc(Cl)cc2)cc1F. The molecule has 0 atom stereocenters. The van der Waals surface area contributed by atoms with E-state index >= 15 is 0 Å². The van der Waals surface area contributed by atoms with Gasteiger partial charge in [0.15, 0.2) is 11.6 Å². The fraction of sp³-hybridized carbons (Fsp3) is 0.0769. The van der Waals surface area contributed by atoms with Gasteiger partial charge in [-0.3, -0.25) is 0 Å². The molecule has 0 heterocycles. The lowest BCUT2D eigenvalue weighted by atomic mass is 10.1. The van der Waals surface area contributed by atoms with Crippen molar-refractivity contribution in [3.8, 4) is 0 Å². The van der Waals surface area contributed by atoms with Crippen molar-refractivity contribution in [3.63, 3.8) is 0 Å². The smallest absolute Gasteiger partial charge is 0.159 e. The lowest BCUT2D eigenvalue weighted by Crippen LogP contribution is -1.91. The van der Waals surface area contributed by atoms with Crippen molar-refractivity contribution in [1.82, 2.24) is 0 Å². The molecule has 0 fully saturated rings. The van der Waals surface area contributed by atoms with Crippen LogP contribution in [0.4, 0.5) is 8.78 Å². The maximum Gasteiger partial charge on any atom is 0.159 e. The highest BCUT2D eigenvalue weighted by atomic mass is 35.5. The third kappa shape index (κ3) is 2.58. The Labute approximate surface area is 97.5 Å². The summed E-state index contributed by atoms with van der Waals surface area (Å²) in [6, 6.07) is 11.2. The molecule has 2 aromatic rings. The van der Waals surface area contributed by atoms with Crippen LogP contribution in [0.15, 0.2) is 42.5 Å². The molecule has 0 aliphatic heterocycles. The average Bonchev–Trinajstić information content (AvgIpc) is 2.27. The van der Waals surface area contributed by atoms with E-state index in [0.29, 0.717) is 11.4 Å². The fourth-order valence-electron chi connectivity index (χ4n) is 1.49. The molecule has 0 saturated heterocycles. The largest absolute Gasteiger partial charge is 0.204 e. The van der Waals surface area contributed by atoms with Crippen LogP contribution in [0, 0.1) is 11.6 Å². The van der Waals surface area contributed by atoms with Crippen LogP contribution >= 0.6 is 11.6 Å². The summed E-state index contributed by atoms with van der Waals surface area (Å²) in [5.41, 5.74) is 1.75. The summed E-state index contributed by atoms with van der Waals surface area (Å²) in [6.07, 6.45) is 0.564. The number of benzene rings is 2. The first-order chi connectivity index (χ1) is 7.65. The molecule has 3 heteroatoms. The van der Waals surface area contributed by atoms with Gasteiger partial charge < -0.3 is 0 Å². The third-order valence-electron chi connectivity index (χ3n) is 2.31. The van der Waals surface area contributed by atoms with E-state index in [9.17, 15) is 8.78 Å². The first-order valence-corrected chi connectivity index (χ1v) is 5.21. The molecule has 2 aromatic carbocycles. The molecule has 0 aliphatic rings. The second-order valence-corrected chi connectivity index (χ2v) is 3.99. The van der Waals surface area contributed by atoms with Crippen LogP contribution in [0.1, 0.15) is 11.1 Å². The zero-order chi connectivity index (χ0) is 11.5. The summed E-state index contributed by atoms with van der Waals surface area (Å²) < 4.78 is 25.6. The van der Waals surface area contributed by atoms with E-state index in [1.807, 2.05) is 12.1 Å². The summed E-state index contributed by atoms with van der Waals surface area (Å²) in [6.45, 7) is 0. The second-order valence-electron chi connectivity index (χ2n) is 3.55. The van der Waals surface area contributed by atoms with E-state index < -0.39 is 11.6 Å². The molecule has 0 aromatic heterocycles. The summed E-state index contributed by atoms with van der Waals surface area (Å²) in [5.74, 6) is -1.63. The number of hydrogen-bond donors (Lipinski definition) is 0. The minimum Gasteiger partial charge on any atom is -0.204 e. The molecule has 0 bridgehead atoms. The molecular weight excluding hydrogens is 230 g/mol. The van der Waals surface area contributed by atoms with Crippen molar-refractivity contribution in [2.75, 3.05) is 0 Å². The number of rotatable bonds is 2. The lowest BCUT2D eigenvalue weighted by molar-refractivity contribution is 0.507. The maximum absolute atomic E-state index is 12.9. The Bertz CT molecular complexity index is 492. The lowest BCUT2D eigenvalue weighted by Gasteiger charge is -2.02. The first-order valence-electron chi connectivity index (χ1n) is 4.83. The van der Waals surface area contributed by atoms with Crippen molar-refractivity contribution in [2.45, 2.75) is 6.42 Å². The van der Waals surface area contributed by atoms with Crippen LogP contribution in [-0.2, 0) is 6.42 Å². The Hall–Kier alpha value is -1.41. The average molecular weight is 239 g/mol. The summed E-state index contributed by atoms with van der Waals surface area (Å²) >= 11 is 5.75. The van der Waals surface area contributed by atoms with E-state index in [0.717, 1.165) is 17.2 Å². The zero-order valence-electron chi connectivity index (χ0n) is 8.38. The second kappa shape index (κ2) is 4.62. The molecule has 0 N–H and O–H groups in total. The van der Waals surface area contributed by atoms with E-state index in [1.165, 1.54) is 6.07 Å². The van der Waals surface area contributed by atoms with Crippen LogP contribution in [0.25, 0.3) is 0 Å². The molecule has 0 saturated carbocycles. The van der Waals surface area contributed by atoms with Crippen molar-refractivity contribution < 1.29 is 8.78 Å².